The average molecular weight is 388 g/mol. The van der Waals surface area contributed by atoms with Crippen molar-refractivity contribution < 1.29 is 9.90 Å². The molecule has 1 aliphatic rings. The summed E-state index contributed by atoms with van der Waals surface area (Å²) in [6, 6.07) is 19.5. The van der Waals surface area contributed by atoms with E-state index in [1.54, 1.807) is 30.6 Å². The van der Waals surface area contributed by atoms with E-state index in [-0.39, 0.29) is 30.5 Å². The van der Waals surface area contributed by atoms with Gasteiger partial charge in [0.1, 0.15) is 5.69 Å². The van der Waals surface area contributed by atoms with E-state index in [4.69, 9.17) is 0 Å². The van der Waals surface area contributed by atoms with Crippen molar-refractivity contribution in [2.24, 2.45) is 0 Å². The van der Waals surface area contributed by atoms with Crippen LogP contribution in [0, 0.1) is 0 Å². The van der Waals surface area contributed by atoms with Crippen molar-refractivity contribution in [2.75, 3.05) is 13.2 Å². The minimum Gasteiger partial charge on any atom is -0.395 e. The molecule has 3 heterocycles. The first kappa shape index (κ1) is 19.2. The van der Waals surface area contributed by atoms with Gasteiger partial charge in [0.25, 0.3) is 5.91 Å². The maximum absolute atomic E-state index is 12.5. The van der Waals surface area contributed by atoms with Gasteiger partial charge in [-0.1, -0.05) is 42.5 Å². The lowest BCUT2D eigenvalue weighted by Crippen LogP contribution is -2.66. The van der Waals surface area contributed by atoms with E-state index in [9.17, 15) is 9.90 Å². The summed E-state index contributed by atoms with van der Waals surface area (Å²) >= 11 is 0. The van der Waals surface area contributed by atoms with E-state index in [0.29, 0.717) is 18.8 Å². The highest BCUT2D eigenvalue weighted by Crippen LogP contribution is 2.41. The summed E-state index contributed by atoms with van der Waals surface area (Å²) in [5.74, 6) is -0.0481. The third kappa shape index (κ3) is 4.18. The van der Waals surface area contributed by atoms with Gasteiger partial charge in [-0.3, -0.25) is 19.7 Å². The highest BCUT2D eigenvalue weighted by Gasteiger charge is 2.48. The number of pyridine rings is 2. The predicted octanol–water partition coefficient (Wildman–Crippen LogP) is 2.24. The number of hydrogen-bond donors (Lipinski definition) is 2. The number of nitrogens with zero attached hydrogens (tertiary/aromatic N) is 3. The van der Waals surface area contributed by atoms with Gasteiger partial charge in [-0.25, -0.2) is 0 Å². The molecule has 0 spiro atoms. The second-order valence-electron chi connectivity index (χ2n) is 7.21. The molecule has 1 aromatic carbocycles. The average Bonchev–Trinajstić information content (AvgIpc) is 2.78. The minimum atomic E-state index is -0.189. The number of carbonyl (C=O) groups is 1. The Labute approximate surface area is 170 Å². The normalized spacial score (nSPS) is 21.3. The third-order valence-electron chi connectivity index (χ3n) is 5.51. The van der Waals surface area contributed by atoms with Crippen LogP contribution in [0.4, 0.5) is 0 Å². The van der Waals surface area contributed by atoms with Crippen LogP contribution in [-0.4, -0.2) is 51.1 Å². The minimum absolute atomic E-state index is 0.00522. The van der Waals surface area contributed by atoms with E-state index >= 15 is 0 Å². The van der Waals surface area contributed by atoms with E-state index in [1.165, 1.54) is 5.56 Å². The fourth-order valence-corrected chi connectivity index (χ4v) is 4.12. The quantitative estimate of drug-likeness (QED) is 0.649. The van der Waals surface area contributed by atoms with Crippen molar-refractivity contribution in [3.63, 3.8) is 0 Å². The number of likely N-dealkylation sites (tertiary alicyclic amines) is 1. The highest BCUT2D eigenvalue weighted by atomic mass is 16.3. The fraction of sp³-hybridized carbons (Fsp3) is 0.261. The summed E-state index contributed by atoms with van der Waals surface area (Å²) in [7, 11) is 0. The Kier molecular flexibility index (Phi) is 5.93. The zero-order valence-corrected chi connectivity index (χ0v) is 16.1. The Hall–Kier alpha value is -3.09. The second kappa shape index (κ2) is 8.94. The van der Waals surface area contributed by atoms with Crippen molar-refractivity contribution in [3.05, 3.63) is 96.1 Å². The number of aromatic nitrogens is 2. The van der Waals surface area contributed by atoms with E-state index in [2.05, 4.69) is 32.3 Å². The van der Waals surface area contributed by atoms with E-state index < -0.39 is 0 Å². The van der Waals surface area contributed by atoms with Crippen molar-refractivity contribution in [1.82, 2.24) is 20.2 Å². The molecule has 1 amide bonds. The van der Waals surface area contributed by atoms with E-state index in [0.717, 1.165) is 5.56 Å². The number of benzene rings is 1. The lowest BCUT2D eigenvalue weighted by molar-refractivity contribution is -0.0482. The van der Waals surface area contributed by atoms with Crippen LogP contribution >= 0.6 is 0 Å². The first-order valence-corrected chi connectivity index (χ1v) is 9.77. The molecule has 0 saturated carbocycles. The van der Waals surface area contributed by atoms with Gasteiger partial charge >= 0.3 is 0 Å². The van der Waals surface area contributed by atoms with Gasteiger partial charge in [0, 0.05) is 49.7 Å². The van der Waals surface area contributed by atoms with Crippen LogP contribution < -0.4 is 5.32 Å². The van der Waals surface area contributed by atoms with Crippen LogP contribution in [0.15, 0.2) is 79.3 Å². The largest absolute Gasteiger partial charge is 0.395 e. The number of amides is 1. The fourth-order valence-electron chi connectivity index (χ4n) is 4.12. The first-order valence-electron chi connectivity index (χ1n) is 9.77. The van der Waals surface area contributed by atoms with Gasteiger partial charge in [-0.2, -0.15) is 0 Å². The Morgan fingerprint density at radius 2 is 1.83 bits per heavy atom. The van der Waals surface area contributed by atoms with Gasteiger partial charge in [0.2, 0.25) is 0 Å². The molecule has 0 radical (unpaired) electrons. The molecule has 2 N–H and O–H groups in total. The van der Waals surface area contributed by atoms with Crippen molar-refractivity contribution in [3.8, 4) is 0 Å². The Balaban J connectivity index is 1.53. The van der Waals surface area contributed by atoms with E-state index in [1.807, 2.05) is 36.5 Å². The molecule has 2 aromatic heterocycles. The number of aliphatic hydroxyl groups excluding tert-OH is 1. The van der Waals surface area contributed by atoms with Gasteiger partial charge in [0.15, 0.2) is 0 Å². The van der Waals surface area contributed by atoms with Crippen LogP contribution in [0.2, 0.25) is 0 Å². The molecule has 148 valence electrons. The van der Waals surface area contributed by atoms with Crippen LogP contribution in [0.25, 0.3) is 0 Å². The van der Waals surface area contributed by atoms with Gasteiger partial charge < -0.3 is 10.4 Å². The molecule has 6 heteroatoms. The smallest absolute Gasteiger partial charge is 0.269 e. The van der Waals surface area contributed by atoms with Gasteiger partial charge in [-0.05, 0) is 29.3 Å². The highest BCUT2D eigenvalue weighted by molar-refractivity contribution is 5.92. The third-order valence-corrected chi connectivity index (χ3v) is 5.51. The van der Waals surface area contributed by atoms with Gasteiger partial charge in [0.05, 0.1) is 6.61 Å². The number of aliphatic hydroxyl groups is 1. The Morgan fingerprint density at radius 1 is 1.00 bits per heavy atom. The molecule has 0 bridgehead atoms. The zero-order chi connectivity index (χ0) is 20.1. The molecule has 1 aliphatic heterocycles. The molecule has 0 aliphatic carbocycles. The zero-order valence-electron chi connectivity index (χ0n) is 16.1. The molecule has 1 saturated heterocycles. The lowest BCUT2D eigenvalue weighted by Gasteiger charge is -2.55. The maximum atomic E-state index is 12.5. The molecule has 3 aromatic rings. The SMILES string of the molecule is O=C(NC[C@H]1[C@@H](c2ccccc2)[C@H](CO)N1Cc1cccnc1)c1ccccn1. The number of hydrogen-bond acceptors (Lipinski definition) is 5. The molecular formula is C23H24N4O2. The molecule has 3 atom stereocenters. The predicted molar refractivity (Wildman–Crippen MR) is 110 cm³/mol. The monoisotopic (exact) mass is 388 g/mol. The summed E-state index contributed by atoms with van der Waals surface area (Å²) in [6.45, 7) is 1.21. The maximum Gasteiger partial charge on any atom is 0.269 e. The summed E-state index contributed by atoms with van der Waals surface area (Å²) in [5, 5.41) is 13.1. The Bertz CT molecular complexity index is 921. The number of carbonyl (C=O) groups excluding carboxylic acids is 1. The summed E-state index contributed by atoms with van der Waals surface area (Å²) in [5.41, 5.74) is 2.66. The first-order chi connectivity index (χ1) is 14.3. The summed E-state index contributed by atoms with van der Waals surface area (Å²) in [4.78, 5) is 23.1. The Morgan fingerprint density at radius 3 is 2.52 bits per heavy atom. The second-order valence-corrected chi connectivity index (χ2v) is 7.21. The van der Waals surface area contributed by atoms with Crippen molar-refractivity contribution >= 4 is 5.91 Å². The van der Waals surface area contributed by atoms with Crippen molar-refractivity contribution in [1.29, 1.82) is 0 Å². The molecule has 29 heavy (non-hydrogen) atoms. The van der Waals surface area contributed by atoms with Crippen LogP contribution in [0.1, 0.15) is 27.5 Å². The van der Waals surface area contributed by atoms with Crippen LogP contribution in [-0.2, 0) is 6.54 Å². The standard InChI is InChI=1S/C23H24N4O2/c28-16-21-22(18-8-2-1-3-9-18)20(27(21)15-17-7-6-11-24-13-17)14-26-23(29)19-10-4-5-12-25-19/h1-13,20-22,28H,14-16H2,(H,26,29)/t20-,21-,22+/m0/s1. The summed E-state index contributed by atoms with van der Waals surface area (Å²) < 4.78 is 0. The summed E-state index contributed by atoms with van der Waals surface area (Å²) in [6.07, 6.45) is 5.20. The molecule has 0 unspecified atom stereocenters. The van der Waals surface area contributed by atoms with Crippen LogP contribution in [0.3, 0.4) is 0 Å². The molecule has 1 fully saturated rings. The number of rotatable bonds is 7. The van der Waals surface area contributed by atoms with Crippen LogP contribution in [0.5, 0.6) is 0 Å². The molecule has 4 rings (SSSR count). The topological polar surface area (TPSA) is 78.4 Å². The molecule has 6 nitrogen and oxygen atoms in total. The number of nitrogens with one attached hydrogen (secondary N) is 1. The molecular weight excluding hydrogens is 364 g/mol. The van der Waals surface area contributed by atoms with Gasteiger partial charge in [-0.15, -0.1) is 0 Å². The lowest BCUT2D eigenvalue weighted by atomic mass is 9.75. The van der Waals surface area contributed by atoms with Crippen molar-refractivity contribution in [2.45, 2.75) is 24.5 Å².